The summed E-state index contributed by atoms with van der Waals surface area (Å²) in [5.74, 6) is 0.864. The normalized spacial score (nSPS) is 12.4. The highest BCUT2D eigenvalue weighted by Gasteiger charge is 2.07. The van der Waals surface area contributed by atoms with Crippen molar-refractivity contribution in [3.05, 3.63) is 49.0 Å². The lowest BCUT2D eigenvalue weighted by molar-refractivity contribution is 0.307. The predicted octanol–water partition coefficient (Wildman–Crippen LogP) is 5.13. The van der Waals surface area contributed by atoms with Crippen LogP contribution < -0.4 is 10.5 Å². The van der Waals surface area contributed by atoms with Gasteiger partial charge in [-0.15, -0.1) is 11.3 Å². The molecule has 0 fully saturated rings. The fourth-order valence-electron chi connectivity index (χ4n) is 1.81. The Hall–Kier alpha value is -0.360. The van der Waals surface area contributed by atoms with Gasteiger partial charge in [-0.2, -0.15) is 0 Å². The third kappa shape index (κ3) is 4.58. The van der Waals surface area contributed by atoms with E-state index in [1.54, 1.807) is 11.3 Å². The summed E-state index contributed by atoms with van der Waals surface area (Å²) in [6.07, 6.45) is 1.89. The van der Waals surface area contributed by atoms with E-state index in [2.05, 4.69) is 62.4 Å². The zero-order chi connectivity index (χ0) is 14.5. The topological polar surface area (TPSA) is 35.2 Å². The van der Waals surface area contributed by atoms with Crippen LogP contribution in [0, 0.1) is 0 Å². The number of nitrogens with two attached hydrogens (primary N) is 1. The first-order chi connectivity index (χ1) is 9.58. The molecule has 0 aliphatic carbocycles. The molecule has 2 nitrogen and oxygen atoms in total. The highest BCUT2D eigenvalue weighted by molar-refractivity contribution is 9.10. The standard InChI is InChI=1S/C15H17Br2NOS/c1-2-12(18)5-10-3-4-15(14(17)6-10)19-8-13-7-11(16)9-20-13/h3-4,6-7,9,12H,2,5,8,18H2,1H3. The zero-order valence-corrected chi connectivity index (χ0v) is 15.2. The van der Waals surface area contributed by atoms with Crippen molar-refractivity contribution in [3.8, 4) is 5.75 Å². The minimum Gasteiger partial charge on any atom is -0.487 e. The SMILES string of the molecule is CCC(N)Cc1ccc(OCc2cc(Br)cs2)c(Br)c1. The summed E-state index contributed by atoms with van der Waals surface area (Å²) in [7, 11) is 0. The Morgan fingerprint density at radius 1 is 1.30 bits per heavy atom. The Morgan fingerprint density at radius 3 is 2.70 bits per heavy atom. The first-order valence-corrected chi connectivity index (χ1v) is 8.94. The summed E-state index contributed by atoms with van der Waals surface area (Å²) in [6.45, 7) is 2.69. The summed E-state index contributed by atoms with van der Waals surface area (Å²) < 4.78 is 7.92. The van der Waals surface area contributed by atoms with Crippen molar-refractivity contribution < 1.29 is 4.74 Å². The van der Waals surface area contributed by atoms with Gasteiger partial charge < -0.3 is 10.5 Å². The lowest BCUT2D eigenvalue weighted by Gasteiger charge is -2.11. The van der Waals surface area contributed by atoms with E-state index in [4.69, 9.17) is 10.5 Å². The van der Waals surface area contributed by atoms with E-state index >= 15 is 0 Å². The molecule has 0 aliphatic heterocycles. The zero-order valence-electron chi connectivity index (χ0n) is 11.2. The maximum absolute atomic E-state index is 5.98. The molecule has 1 unspecified atom stereocenters. The second-order valence-electron chi connectivity index (χ2n) is 4.66. The number of benzene rings is 1. The van der Waals surface area contributed by atoms with E-state index < -0.39 is 0 Å². The monoisotopic (exact) mass is 417 g/mol. The second-order valence-corrected chi connectivity index (χ2v) is 7.42. The maximum Gasteiger partial charge on any atom is 0.134 e. The molecule has 1 atom stereocenters. The van der Waals surface area contributed by atoms with Crippen molar-refractivity contribution >= 4 is 43.2 Å². The van der Waals surface area contributed by atoms with Gasteiger partial charge in [0, 0.05) is 20.8 Å². The molecule has 2 N–H and O–H groups in total. The molecule has 0 radical (unpaired) electrons. The van der Waals surface area contributed by atoms with Gasteiger partial charge in [-0.25, -0.2) is 0 Å². The molecule has 1 aromatic carbocycles. The smallest absolute Gasteiger partial charge is 0.134 e. The predicted molar refractivity (Wildman–Crippen MR) is 92.5 cm³/mol. The lowest BCUT2D eigenvalue weighted by atomic mass is 10.0. The molecule has 1 aromatic heterocycles. The third-order valence-corrected chi connectivity index (χ3v) is 5.30. The molecule has 5 heteroatoms. The van der Waals surface area contributed by atoms with Crippen LogP contribution in [0.1, 0.15) is 23.8 Å². The lowest BCUT2D eigenvalue weighted by Crippen LogP contribution is -2.21. The van der Waals surface area contributed by atoms with Crippen molar-refractivity contribution in [2.24, 2.45) is 5.73 Å². The van der Waals surface area contributed by atoms with Crippen molar-refractivity contribution in [2.75, 3.05) is 0 Å². The van der Waals surface area contributed by atoms with Crippen LogP contribution in [0.2, 0.25) is 0 Å². The van der Waals surface area contributed by atoms with Gasteiger partial charge in [-0.3, -0.25) is 0 Å². The maximum atomic E-state index is 5.98. The fraction of sp³-hybridized carbons (Fsp3) is 0.333. The minimum atomic E-state index is 0.220. The summed E-state index contributed by atoms with van der Waals surface area (Å²) in [5.41, 5.74) is 7.21. The summed E-state index contributed by atoms with van der Waals surface area (Å²) in [4.78, 5) is 1.20. The number of thiophene rings is 1. The van der Waals surface area contributed by atoms with E-state index in [-0.39, 0.29) is 6.04 Å². The largest absolute Gasteiger partial charge is 0.487 e. The number of rotatable bonds is 6. The van der Waals surface area contributed by atoms with Gasteiger partial charge in [0.1, 0.15) is 12.4 Å². The highest BCUT2D eigenvalue weighted by Crippen LogP contribution is 2.28. The molecule has 108 valence electrons. The molecule has 2 aromatic rings. The van der Waals surface area contributed by atoms with Gasteiger partial charge in [-0.05, 0) is 68.5 Å². The minimum absolute atomic E-state index is 0.220. The van der Waals surface area contributed by atoms with Gasteiger partial charge in [0.25, 0.3) is 0 Å². The molecule has 0 spiro atoms. The van der Waals surface area contributed by atoms with Crippen molar-refractivity contribution in [3.63, 3.8) is 0 Å². The summed E-state index contributed by atoms with van der Waals surface area (Å²) >= 11 is 8.70. The van der Waals surface area contributed by atoms with E-state index in [0.717, 1.165) is 27.5 Å². The average Bonchev–Trinajstić information content (AvgIpc) is 2.83. The van der Waals surface area contributed by atoms with Crippen LogP contribution >= 0.6 is 43.2 Å². The molecule has 2 rings (SSSR count). The van der Waals surface area contributed by atoms with E-state index in [1.807, 2.05) is 6.07 Å². The first kappa shape index (κ1) is 16.0. The van der Waals surface area contributed by atoms with Crippen LogP contribution in [0.15, 0.2) is 38.6 Å². The van der Waals surface area contributed by atoms with Crippen LogP contribution in [0.25, 0.3) is 0 Å². The van der Waals surface area contributed by atoms with Gasteiger partial charge in [0.2, 0.25) is 0 Å². The van der Waals surface area contributed by atoms with E-state index in [1.165, 1.54) is 10.4 Å². The molecule has 0 aliphatic rings. The molecule has 0 saturated heterocycles. The van der Waals surface area contributed by atoms with Crippen LogP contribution in [-0.4, -0.2) is 6.04 Å². The van der Waals surface area contributed by atoms with E-state index in [9.17, 15) is 0 Å². The number of ether oxygens (including phenoxy) is 1. The molecule has 0 bridgehead atoms. The Kier molecular flexibility index (Phi) is 6.08. The van der Waals surface area contributed by atoms with Gasteiger partial charge in [-0.1, -0.05) is 13.0 Å². The van der Waals surface area contributed by atoms with Gasteiger partial charge in [0.15, 0.2) is 0 Å². The quantitative estimate of drug-likeness (QED) is 0.705. The Morgan fingerprint density at radius 2 is 2.10 bits per heavy atom. The number of halogens is 2. The number of hydrogen-bond acceptors (Lipinski definition) is 3. The molecular weight excluding hydrogens is 402 g/mol. The van der Waals surface area contributed by atoms with E-state index in [0.29, 0.717) is 6.61 Å². The summed E-state index contributed by atoms with van der Waals surface area (Å²) in [6, 6.07) is 8.48. The summed E-state index contributed by atoms with van der Waals surface area (Å²) in [5, 5.41) is 2.06. The van der Waals surface area contributed by atoms with Crippen LogP contribution in [-0.2, 0) is 13.0 Å². The van der Waals surface area contributed by atoms with Crippen molar-refractivity contribution in [2.45, 2.75) is 32.4 Å². The van der Waals surface area contributed by atoms with Gasteiger partial charge >= 0.3 is 0 Å². The van der Waals surface area contributed by atoms with Crippen LogP contribution in [0.3, 0.4) is 0 Å². The van der Waals surface area contributed by atoms with Gasteiger partial charge in [0.05, 0.1) is 4.47 Å². The second kappa shape index (κ2) is 7.59. The van der Waals surface area contributed by atoms with Crippen LogP contribution in [0.5, 0.6) is 5.75 Å². The molecule has 20 heavy (non-hydrogen) atoms. The fourth-order valence-corrected chi connectivity index (χ4v) is 3.72. The molecule has 0 amide bonds. The van der Waals surface area contributed by atoms with Crippen molar-refractivity contribution in [1.29, 1.82) is 0 Å². The highest BCUT2D eigenvalue weighted by atomic mass is 79.9. The number of hydrogen-bond donors (Lipinski definition) is 1. The third-order valence-electron chi connectivity index (χ3n) is 3.01. The Balaban J connectivity index is 1.98. The van der Waals surface area contributed by atoms with Crippen molar-refractivity contribution in [1.82, 2.24) is 0 Å². The first-order valence-electron chi connectivity index (χ1n) is 6.48. The van der Waals surface area contributed by atoms with Crippen LogP contribution in [0.4, 0.5) is 0 Å². The Labute approximate surface area is 140 Å². The molecular formula is C15H17Br2NOS. The average molecular weight is 419 g/mol. The molecule has 1 heterocycles. The Bertz CT molecular complexity index is 571. The molecule has 0 saturated carbocycles.